The molecule has 6 rings (SSSR count). The lowest BCUT2D eigenvalue weighted by Gasteiger charge is -2.46. The number of benzene rings is 2. The molecule has 3 aliphatic heterocycles. The Balaban J connectivity index is 1.41. The molecule has 0 radical (unpaired) electrons. The van der Waals surface area contributed by atoms with Crippen molar-refractivity contribution >= 4 is 34.3 Å². The molecule has 8 nitrogen and oxygen atoms in total. The van der Waals surface area contributed by atoms with Gasteiger partial charge >= 0.3 is 0 Å². The second kappa shape index (κ2) is 8.15. The van der Waals surface area contributed by atoms with Gasteiger partial charge in [-0.05, 0) is 43.0 Å². The molecule has 1 aromatic heterocycles. The maximum absolute atomic E-state index is 13.5. The SMILES string of the molecule is CN1c2ccccc2C(=O)N2CCc3c(n(CC(=O)N4CCC(C(N)=O)CC4)c4ccccc34)C21. The summed E-state index contributed by atoms with van der Waals surface area (Å²) in [7, 11) is 2.02. The molecule has 2 N–H and O–H groups in total. The summed E-state index contributed by atoms with van der Waals surface area (Å²) in [5.41, 5.74) is 10.3. The van der Waals surface area contributed by atoms with E-state index in [1.165, 1.54) is 5.56 Å². The number of aromatic nitrogens is 1. The van der Waals surface area contributed by atoms with E-state index >= 15 is 0 Å². The molecule has 3 aliphatic rings. The van der Waals surface area contributed by atoms with Crippen LogP contribution < -0.4 is 10.6 Å². The monoisotopic (exact) mass is 471 g/mol. The zero-order valence-electron chi connectivity index (χ0n) is 19.8. The molecular formula is C27H29N5O3. The second-order valence-corrected chi connectivity index (χ2v) is 9.77. The molecular weight excluding hydrogens is 442 g/mol. The molecule has 35 heavy (non-hydrogen) atoms. The van der Waals surface area contributed by atoms with Crippen LogP contribution >= 0.6 is 0 Å². The third-order valence-corrected chi connectivity index (χ3v) is 7.95. The third-order valence-electron chi connectivity index (χ3n) is 7.95. The Labute approximate surface area is 203 Å². The lowest BCUT2D eigenvalue weighted by atomic mass is 9.96. The second-order valence-electron chi connectivity index (χ2n) is 9.77. The maximum Gasteiger partial charge on any atom is 0.257 e. The molecule has 8 heteroatoms. The first-order valence-electron chi connectivity index (χ1n) is 12.3. The van der Waals surface area contributed by atoms with Crippen molar-refractivity contribution in [2.45, 2.75) is 32.0 Å². The summed E-state index contributed by atoms with van der Waals surface area (Å²) in [4.78, 5) is 44.4. The molecule has 180 valence electrons. The van der Waals surface area contributed by atoms with Crippen LogP contribution in [-0.4, -0.2) is 58.8 Å². The fourth-order valence-electron chi connectivity index (χ4n) is 6.13. The van der Waals surface area contributed by atoms with Crippen molar-refractivity contribution in [1.82, 2.24) is 14.4 Å². The Morgan fingerprint density at radius 1 is 1.00 bits per heavy atom. The number of nitrogens with zero attached hydrogens (tertiary/aromatic N) is 4. The molecule has 0 aliphatic carbocycles. The number of amides is 3. The van der Waals surface area contributed by atoms with Gasteiger partial charge in [0.25, 0.3) is 5.91 Å². The van der Waals surface area contributed by atoms with Crippen molar-refractivity contribution < 1.29 is 14.4 Å². The van der Waals surface area contributed by atoms with Crippen molar-refractivity contribution in [1.29, 1.82) is 0 Å². The van der Waals surface area contributed by atoms with E-state index in [2.05, 4.69) is 21.6 Å². The molecule has 2 aromatic carbocycles. The molecule has 0 saturated carbocycles. The van der Waals surface area contributed by atoms with Crippen LogP contribution in [0, 0.1) is 5.92 Å². The van der Waals surface area contributed by atoms with Gasteiger partial charge in [-0.15, -0.1) is 0 Å². The van der Waals surface area contributed by atoms with Gasteiger partial charge in [0.1, 0.15) is 12.7 Å². The van der Waals surface area contributed by atoms with Crippen molar-refractivity contribution in [2.75, 3.05) is 31.6 Å². The molecule has 0 bridgehead atoms. The number of fused-ring (bicyclic) bond motifs is 6. The average molecular weight is 472 g/mol. The lowest BCUT2D eigenvalue weighted by Crippen LogP contribution is -2.52. The number of para-hydroxylation sites is 2. The molecule has 3 aromatic rings. The summed E-state index contributed by atoms with van der Waals surface area (Å²) in [6.45, 7) is 1.91. The number of anilines is 1. The molecule has 0 spiro atoms. The van der Waals surface area contributed by atoms with E-state index in [0.29, 0.717) is 38.0 Å². The van der Waals surface area contributed by atoms with Gasteiger partial charge in [-0.3, -0.25) is 14.4 Å². The molecule has 4 heterocycles. The maximum atomic E-state index is 13.5. The summed E-state index contributed by atoms with van der Waals surface area (Å²) >= 11 is 0. The van der Waals surface area contributed by atoms with Crippen LogP contribution in [-0.2, 0) is 22.6 Å². The molecule has 1 unspecified atom stereocenters. The molecule has 1 fully saturated rings. The van der Waals surface area contributed by atoms with E-state index in [4.69, 9.17) is 5.73 Å². The molecule has 1 atom stereocenters. The Bertz CT molecular complexity index is 1350. The molecule has 3 amide bonds. The smallest absolute Gasteiger partial charge is 0.257 e. The number of carbonyl (C=O) groups excluding carboxylic acids is 3. The van der Waals surface area contributed by atoms with E-state index < -0.39 is 0 Å². The van der Waals surface area contributed by atoms with Crippen LogP contribution in [0.5, 0.6) is 0 Å². The van der Waals surface area contributed by atoms with E-state index in [1.807, 2.05) is 53.2 Å². The van der Waals surface area contributed by atoms with E-state index in [9.17, 15) is 14.4 Å². The van der Waals surface area contributed by atoms with Crippen LogP contribution in [0.3, 0.4) is 0 Å². The van der Waals surface area contributed by atoms with Crippen molar-refractivity contribution in [2.24, 2.45) is 11.7 Å². The summed E-state index contributed by atoms with van der Waals surface area (Å²) < 4.78 is 2.11. The number of rotatable bonds is 3. The highest BCUT2D eigenvalue weighted by atomic mass is 16.2. The normalized spacial score (nSPS) is 20.0. The zero-order valence-corrected chi connectivity index (χ0v) is 19.8. The Morgan fingerprint density at radius 3 is 2.49 bits per heavy atom. The van der Waals surface area contributed by atoms with Gasteiger partial charge in [0.2, 0.25) is 11.8 Å². The van der Waals surface area contributed by atoms with Crippen molar-refractivity contribution in [3.63, 3.8) is 0 Å². The first kappa shape index (κ1) is 21.7. The van der Waals surface area contributed by atoms with Crippen molar-refractivity contribution in [3.8, 4) is 0 Å². The van der Waals surface area contributed by atoms with Crippen LogP contribution in [0.2, 0.25) is 0 Å². The fraction of sp³-hybridized carbons (Fsp3) is 0.370. The average Bonchev–Trinajstić information content (AvgIpc) is 3.20. The molecule has 1 saturated heterocycles. The lowest BCUT2D eigenvalue weighted by molar-refractivity contribution is -0.135. The topological polar surface area (TPSA) is 91.9 Å². The zero-order chi connectivity index (χ0) is 24.3. The summed E-state index contributed by atoms with van der Waals surface area (Å²) in [6.07, 6.45) is 1.69. The van der Waals surface area contributed by atoms with Crippen molar-refractivity contribution in [3.05, 3.63) is 65.4 Å². The number of likely N-dealkylation sites (tertiary alicyclic amines) is 1. The highest BCUT2D eigenvalue weighted by Crippen LogP contribution is 2.44. The first-order chi connectivity index (χ1) is 17.0. The number of nitrogens with two attached hydrogens (primary N) is 1. The van der Waals surface area contributed by atoms with Gasteiger partial charge in [0.05, 0.1) is 16.9 Å². The Hall–Kier alpha value is -3.81. The number of hydrogen-bond donors (Lipinski definition) is 1. The minimum Gasteiger partial charge on any atom is -0.369 e. The number of hydrogen-bond acceptors (Lipinski definition) is 4. The predicted octanol–water partition coefficient (Wildman–Crippen LogP) is 2.51. The fourth-order valence-corrected chi connectivity index (χ4v) is 6.13. The largest absolute Gasteiger partial charge is 0.369 e. The van der Waals surface area contributed by atoms with Gasteiger partial charge in [-0.1, -0.05) is 30.3 Å². The quantitative estimate of drug-likeness (QED) is 0.635. The predicted molar refractivity (Wildman–Crippen MR) is 133 cm³/mol. The standard InChI is InChI=1S/C27H29N5O3/c1-29-21-8-4-3-7-20(21)27(35)31-15-12-19-18-6-2-5-9-22(18)32(24(19)26(29)31)16-23(33)30-13-10-17(11-14-30)25(28)34/h2-9,17,26H,10-16H2,1H3,(H2,28,34). The van der Waals surface area contributed by atoms with Gasteiger partial charge in [-0.2, -0.15) is 0 Å². The first-order valence-corrected chi connectivity index (χ1v) is 12.3. The minimum atomic E-state index is -0.284. The van der Waals surface area contributed by atoms with Crippen LogP contribution in [0.15, 0.2) is 48.5 Å². The van der Waals surface area contributed by atoms with Gasteiger partial charge in [-0.25, -0.2) is 0 Å². The minimum absolute atomic E-state index is 0.0267. The van der Waals surface area contributed by atoms with Crippen LogP contribution in [0.25, 0.3) is 10.9 Å². The highest BCUT2D eigenvalue weighted by Gasteiger charge is 2.43. The van der Waals surface area contributed by atoms with E-state index in [0.717, 1.165) is 28.7 Å². The van der Waals surface area contributed by atoms with E-state index in [1.54, 1.807) is 0 Å². The summed E-state index contributed by atoms with van der Waals surface area (Å²) in [5, 5.41) is 1.14. The Morgan fingerprint density at radius 2 is 1.71 bits per heavy atom. The number of piperidine rings is 1. The Kier molecular flexibility index (Phi) is 5.05. The van der Waals surface area contributed by atoms with Gasteiger partial charge < -0.3 is 25.0 Å². The van der Waals surface area contributed by atoms with Crippen LogP contribution in [0.4, 0.5) is 5.69 Å². The van der Waals surface area contributed by atoms with E-state index in [-0.39, 0.29) is 36.3 Å². The van der Waals surface area contributed by atoms with Gasteiger partial charge in [0, 0.05) is 43.5 Å². The summed E-state index contributed by atoms with van der Waals surface area (Å²) in [5.74, 6) is -0.382. The highest BCUT2D eigenvalue weighted by molar-refractivity contribution is 6.02. The number of carbonyl (C=O) groups is 3. The van der Waals surface area contributed by atoms with Crippen LogP contribution in [0.1, 0.15) is 40.6 Å². The third kappa shape index (κ3) is 3.31. The number of primary amides is 1. The summed E-state index contributed by atoms with van der Waals surface area (Å²) in [6, 6.07) is 15.9. The van der Waals surface area contributed by atoms with Gasteiger partial charge in [0.15, 0.2) is 0 Å².